The molecule has 4 heteroatoms. The van der Waals surface area contributed by atoms with Crippen LogP contribution in [0.5, 0.6) is 5.75 Å². The predicted molar refractivity (Wildman–Crippen MR) is 138 cm³/mol. The number of ether oxygens (including phenoxy) is 1. The van der Waals surface area contributed by atoms with Crippen LogP contribution in [0.15, 0.2) is 78.9 Å². The minimum Gasteiger partial charge on any atom is -0.495 e. The summed E-state index contributed by atoms with van der Waals surface area (Å²) >= 11 is 0. The number of likely N-dealkylation sites (tertiary alicyclic amines) is 1. The Morgan fingerprint density at radius 1 is 0.781 bits per heavy atom. The minimum atomic E-state index is -0.674. The molecule has 0 bridgehead atoms. The molecule has 0 N–H and O–H groups in total. The smallest absolute Gasteiger partial charge is 0.142 e. The van der Waals surface area contributed by atoms with Crippen LogP contribution >= 0.6 is 7.92 Å². The first kappa shape index (κ1) is 21.5. The van der Waals surface area contributed by atoms with Gasteiger partial charge in [0.1, 0.15) is 5.75 Å². The topological polar surface area (TPSA) is 15.7 Å². The van der Waals surface area contributed by atoms with Crippen molar-refractivity contribution in [3.05, 3.63) is 78.9 Å². The third-order valence-electron chi connectivity index (χ3n) is 6.80. The van der Waals surface area contributed by atoms with E-state index in [0.717, 1.165) is 12.3 Å². The van der Waals surface area contributed by atoms with Crippen molar-refractivity contribution < 1.29 is 4.74 Å². The lowest BCUT2D eigenvalue weighted by Gasteiger charge is -2.34. The van der Waals surface area contributed by atoms with E-state index in [-0.39, 0.29) is 0 Å². The van der Waals surface area contributed by atoms with Gasteiger partial charge in [-0.15, -0.1) is 0 Å². The van der Waals surface area contributed by atoms with E-state index in [0.29, 0.717) is 6.04 Å². The van der Waals surface area contributed by atoms with E-state index in [2.05, 4.69) is 88.7 Å². The fraction of sp³-hybridized carbons (Fsp3) is 0.357. The molecule has 0 unspecified atom stereocenters. The van der Waals surface area contributed by atoms with Crippen LogP contribution in [0.25, 0.3) is 0 Å². The quantitative estimate of drug-likeness (QED) is 0.499. The van der Waals surface area contributed by atoms with E-state index in [1.54, 1.807) is 0 Å². The summed E-state index contributed by atoms with van der Waals surface area (Å²) in [5, 5.41) is 4.18. The van der Waals surface area contributed by atoms with Crippen LogP contribution in [0.3, 0.4) is 0 Å². The average molecular weight is 445 g/mol. The summed E-state index contributed by atoms with van der Waals surface area (Å²) in [5.41, 5.74) is 1.32. The molecule has 0 aliphatic carbocycles. The van der Waals surface area contributed by atoms with Gasteiger partial charge in [0.15, 0.2) is 0 Å². The van der Waals surface area contributed by atoms with Gasteiger partial charge in [-0.25, -0.2) is 0 Å². The van der Waals surface area contributed by atoms with Crippen LogP contribution in [0.4, 0.5) is 5.69 Å². The van der Waals surface area contributed by atoms with E-state index in [1.165, 1.54) is 66.9 Å². The molecule has 5 rings (SSSR count). The summed E-state index contributed by atoms with van der Waals surface area (Å²) in [5.74, 6) is 1.01. The summed E-state index contributed by atoms with van der Waals surface area (Å²) in [6.07, 6.45) is 5.22. The number of methoxy groups -OCH3 is 1. The van der Waals surface area contributed by atoms with Gasteiger partial charge in [0.25, 0.3) is 0 Å². The van der Waals surface area contributed by atoms with Crippen LogP contribution in [-0.2, 0) is 0 Å². The van der Waals surface area contributed by atoms with E-state index >= 15 is 0 Å². The standard InChI is InChI=1S/C28H33N2OP/c1-31-26-17-10-18-27(28(26)30-21-11-12-23(30)22-29-19-8-9-20-29)32(24-13-4-2-5-14-24)25-15-6-3-7-16-25/h2-7,10,13-18,23H,8-9,11-12,19-22H2,1H3/t23-/m0/s1. The van der Waals surface area contributed by atoms with Crippen molar-refractivity contribution in [1.82, 2.24) is 4.90 Å². The molecule has 2 fully saturated rings. The summed E-state index contributed by atoms with van der Waals surface area (Å²) in [4.78, 5) is 5.34. The minimum absolute atomic E-state index is 0.562. The van der Waals surface area contributed by atoms with Crippen LogP contribution in [0.2, 0.25) is 0 Å². The highest BCUT2D eigenvalue weighted by Gasteiger charge is 2.33. The Balaban J connectivity index is 1.60. The van der Waals surface area contributed by atoms with Gasteiger partial charge < -0.3 is 14.5 Å². The third-order valence-corrected chi connectivity index (χ3v) is 9.27. The van der Waals surface area contributed by atoms with Crippen LogP contribution in [0, 0.1) is 0 Å². The Bertz CT molecular complexity index is 965. The lowest BCUT2D eigenvalue weighted by atomic mass is 10.2. The maximum atomic E-state index is 5.99. The van der Waals surface area contributed by atoms with Gasteiger partial charge in [-0.05, 0) is 63.4 Å². The molecule has 3 nitrogen and oxygen atoms in total. The Morgan fingerprint density at radius 3 is 2.06 bits per heavy atom. The SMILES string of the molecule is COc1cccc(P(c2ccccc2)c2ccccc2)c1N1CCC[C@H]1CN1CCCC1. The van der Waals surface area contributed by atoms with Gasteiger partial charge >= 0.3 is 0 Å². The Kier molecular flexibility index (Phi) is 6.76. The number of hydrogen-bond donors (Lipinski definition) is 0. The van der Waals surface area contributed by atoms with Crippen molar-refractivity contribution in [2.75, 3.05) is 38.2 Å². The van der Waals surface area contributed by atoms with Crippen molar-refractivity contribution in [2.24, 2.45) is 0 Å². The number of hydrogen-bond acceptors (Lipinski definition) is 3. The highest BCUT2D eigenvalue weighted by atomic mass is 31.1. The van der Waals surface area contributed by atoms with Crippen molar-refractivity contribution in [1.29, 1.82) is 0 Å². The second-order valence-electron chi connectivity index (χ2n) is 8.83. The second kappa shape index (κ2) is 10.1. The second-order valence-corrected chi connectivity index (χ2v) is 11.0. The van der Waals surface area contributed by atoms with Crippen molar-refractivity contribution in [2.45, 2.75) is 31.7 Å². The zero-order valence-electron chi connectivity index (χ0n) is 19.0. The van der Waals surface area contributed by atoms with Crippen LogP contribution in [-0.4, -0.2) is 44.2 Å². The number of anilines is 1. The molecule has 0 radical (unpaired) electrons. The monoisotopic (exact) mass is 444 g/mol. The van der Waals surface area contributed by atoms with Crippen LogP contribution < -0.4 is 25.6 Å². The molecule has 0 saturated carbocycles. The van der Waals surface area contributed by atoms with E-state index in [9.17, 15) is 0 Å². The van der Waals surface area contributed by atoms with Gasteiger partial charge in [-0.3, -0.25) is 0 Å². The molecule has 3 aromatic carbocycles. The van der Waals surface area contributed by atoms with E-state index in [1.807, 2.05) is 7.11 Å². The summed E-state index contributed by atoms with van der Waals surface area (Å²) in [6.45, 7) is 4.79. The first-order valence-corrected chi connectivity index (χ1v) is 13.3. The Hall–Kier alpha value is -2.35. The number of benzene rings is 3. The molecule has 2 aliphatic rings. The molecule has 32 heavy (non-hydrogen) atoms. The van der Waals surface area contributed by atoms with Crippen molar-refractivity contribution in [3.63, 3.8) is 0 Å². The summed E-state index contributed by atoms with van der Waals surface area (Å²) in [7, 11) is 1.15. The zero-order valence-corrected chi connectivity index (χ0v) is 19.9. The number of nitrogens with zero attached hydrogens (tertiary/aromatic N) is 2. The molecule has 166 valence electrons. The lowest BCUT2D eigenvalue weighted by molar-refractivity contribution is 0.313. The molecule has 2 heterocycles. The zero-order chi connectivity index (χ0) is 21.8. The maximum Gasteiger partial charge on any atom is 0.142 e. The molecule has 3 aromatic rings. The molecular formula is C28H33N2OP. The molecule has 1 atom stereocenters. The van der Waals surface area contributed by atoms with Gasteiger partial charge in [0.05, 0.1) is 12.8 Å². The highest BCUT2D eigenvalue weighted by Crippen LogP contribution is 2.42. The van der Waals surface area contributed by atoms with Crippen LogP contribution in [0.1, 0.15) is 25.7 Å². The van der Waals surface area contributed by atoms with E-state index < -0.39 is 7.92 Å². The van der Waals surface area contributed by atoms with Gasteiger partial charge in [-0.2, -0.15) is 0 Å². The van der Waals surface area contributed by atoms with E-state index in [4.69, 9.17) is 4.74 Å². The van der Waals surface area contributed by atoms with Gasteiger partial charge in [0.2, 0.25) is 0 Å². The average Bonchev–Trinajstić information content (AvgIpc) is 3.53. The largest absolute Gasteiger partial charge is 0.495 e. The summed E-state index contributed by atoms with van der Waals surface area (Å²) in [6, 6.07) is 29.3. The molecule has 0 aromatic heterocycles. The molecule has 2 saturated heterocycles. The molecule has 2 aliphatic heterocycles. The van der Waals surface area contributed by atoms with Crippen molar-refractivity contribution in [3.8, 4) is 5.75 Å². The predicted octanol–water partition coefficient (Wildman–Crippen LogP) is 4.52. The highest BCUT2D eigenvalue weighted by molar-refractivity contribution is 7.80. The molecule has 0 spiro atoms. The first-order chi connectivity index (χ1) is 15.8. The Labute approximate surface area is 193 Å². The fourth-order valence-electron chi connectivity index (χ4n) is 5.31. The normalized spacial score (nSPS) is 19.1. The van der Waals surface area contributed by atoms with Gasteiger partial charge in [0, 0.05) is 24.4 Å². The lowest BCUT2D eigenvalue weighted by Crippen LogP contribution is -2.41. The van der Waals surface area contributed by atoms with Gasteiger partial charge in [-0.1, -0.05) is 72.8 Å². The molecule has 0 amide bonds. The number of para-hydroxylation sites is 1. The third kappa shape index (κ3) is 4.42. The fourth-order valence-corrected chi connectivity index (χ4v) is 7.79. The molecular weight excluding hydrogens is 411 g/mol. The summed E-state index contributed by atoms with van der Waals surface area (Å²) < 4.78 is 5.99. The first-order valence-electron chi connectivity index (χ1n) is 11.9. The Morgan fingerprint density at radius 2 is 1.44 bits per heavy atom. The van der Waals surface area contributed by atoms with Crippen molar-refractivity contribution >= 4 is 29.5 Å². The maximum absolute atomic E-state index is 5.99. The number of rotatable bonds is 7.